The molecule has 0 radical (unpaired) electrons. The zero-order valence-electron chi connectivity index (χ0n) is 16.4. The van der Waals surface area contributed by atoms with Crippen molar-refractivity contribution in [1.29, 1.82) is 0 Å². The minimum absolute atomic E-state index is 0. The van der Waals surface area contributed by atoms with Crippen molar-refractivity contribution >= 4 is 29.9 Å². The number of hydrogen-bond acceptors (Lipinski definition) is 3. The third-order valence-electron chi connectivity index (χ3n) is 4.51. The van der Waals surface area contributed by atoms with Crippen molar-refractivity contribution in [3.63, 3.8) is 0 Å². The molecule has 2 aromatic rings. The van der Waals surface area contributed by atoms with Crippen LogP contribution in [0.5, 0.6) is 11.5 Å². The molecule has 0 amide bonds. The van der Waals surface area contributed by atoms with E-state index < -0.39 is 0 Å². The number of phenolic OH excluding ortho intramolecular Hbond substituents is 1. The van der Waals surface area contributed by atoms with Gasteiger partial charge in [-0.15, -0.1) is 24.0 Å². The van der Waals surface area contributed by atoms with Crippen molar-refractivity contribution < 1.29 is 9.84 Å². The normalized spacial score (nSPS) is 13.5. The van der Waals surface area contributed by atoms with Crippen LogP contribution in [0.3, 0.4) is 0 Å². The summed E-state index contributed by atoms with van der Waals surface area (Å²) in [6.07, 6.45) is 3.39. The Balaban J connectivity index is 0.00000280. The van der Waals surface area contributed by atoms with Gasteiger partial charge in [0.05, 0.1) is 13.2 Å². The second-order valence-corrected chi connectivity index (χ2v) is 6.90. The standard InChI is InChI=1S/C22H29N3O2.HI/c1-2-23-22(24-13-12-17-6-5-8-20(26)14-17)25-15-19-7-3-4-9-21(19)27-16-18-10-11-18;/h3-9,14,18,26H,2,10-13,15-16H2,1H3,(H2,23,24,25);1H. The molecule has 0 saturated heterocycles. The van der Waals surface area contributed by atoms with E-state index in [1.54, 1.807) is 12.1 Å². The number of guanidine groups is 1. The number of aliphatic imine (C=N–C) groups is 1. The molecule has 0 heterocycles. The van der Waals surface area contributed by atoms with Crippen molar-refractivity contribution in [2.75, 3.05) is 19.7 Å². The van der Waals surface area contributed by atoms with E-state index in [9.17, 15) is 5.11 Å². The first kappa shape index (κ1) is 22.3. The molecule has 3 N–H and O–H groups in total. The number of nitrogens with zero attached hydrogens (tertiary/aromatic N) is 1. The molecule has 6 heteroatoms. The zero-order valence-corrected chi connectivity index (χ0v) is 18.7. The van der Waals surface area contributed by atoms with Crippen molar-refractivity contribution in [2.24, 2.45) is 10.9 Å². The number of hydrogen-bond donors (Lipinski definition) is 3. The molecule has 0 unspecified atom stereocenters. The van der Waals surface area contributed by atoms with E-state index in [4.69, 9.17) is 9.73 Å². The molecule has 28 heavy (non-hydrogen) atoms. The molecule has 152 valence electrons. The Kier molecular flexibility index (Phi) is 9.40. The van der Waals surface area contributed by atoms with Crippen LogP contribution >= 0.6 is 24.0 Å². The highest BCUT2D eigenvalue weighted by atomic mass is 127. The Morgan fingerprint density at radius 3 is 2.71 bits per heavy atom. The van der Waals surface area contributed by atoms with Crippen LogP contribution in [0.25, 0.3) is 0 Å². The number of benzene rings is 2. The number of ether oxygens (including phenoxy) is 1. The zero-order chi connectivity index (χ0) is 18.9. The van der Waals surface area contributed by atoms with Gasteiger partial charge < -0.3 is 20.5 Å². The maximum absolute atomic E-state index is 9.56. The molecule has 0 bridgehead atoms. The third kappa shape index (κ3) is 7.58. The van der Waals surface area contributed by atoms with E-state index in [-0.39, 0.29) is 24.0 Å². The summed E-state index contributed by atoms with van der Waals surface area (Å²) >= 11 is 0. The number of phenols is 1. The summed E-state index contributed by atoms with van der Waals surface area (Å²) in [5, 5.41) is 16.2. The van der Waals surface area contributed by atoms with E-state index >= 15 is 0 Å². The molecule has 5 nitrogen and oxygen atoms in total. The van der Waals surface area contributed by atoms with Gasteiger partial charge in [-0.05, 0) is 55.9 Å². The molecule has 1 aliphatic carbocycles. The maximum atomic E-state index is 9.56. The van der Waals surface area contributed by atoms with E-state index in [0.29, 0.717) is 12.3 Å². The largest absolute Gasteiger partial charge is 0.508 e. The van der Waals surface area contributed by atoms with Crippen molar-refractivity contribution in [2.45, 2.75) is 32.7 Å². The number of halogens is 1. The second kappa shape index (κ2) is 11.8. The van der Waals surface area contributed by atoms with Gasteiger partial charge in [-0.1, -0.05) is 30.3 Å². The van der Waals surface area contributed by atoms with Crippen molar-refractivity contribution in [3.8, 4) is 11.5 Å². The van der Waals surface area contributed by atoms with Gasteiger partial charge in [-0.3, -0.25) is 0 Å². The van der Waals surface area contributed by atoms with Crippen LogP contribution in [0.15, 0.2) is 53.5 Å². The Bertz CT molecular complexity index is 763. The van der Waals surface area contributed by atoms with Crippen LogP contribution in [-0.4, -0.2) is 30.8 Å². The maximum Gasteiger partial charge on any atom is 0.191 e. The molecule has 0 atom stereocenters. The monoisotopic (exact) mass is 495 g/mol. The lowest BCUT2D eigenvalue weighted by Gasteiger charge is -2.13. The smallest absolute Gasteiger partial charge is 0.191 e. The van der Waals surface area contributed by atoms with Crippen LogP contribution in [0, 0.1) is 5.92 Å². The number of aromatic hydroxyl groups is 1. The molecule has 3 rings (SSSR count). The summed E-state index contributed by atoms with van der Waals surface area (Å²) in [4.78, 5) is 4.70. The predicted octanol–water partition coefficient (Wildman–Crippen LogP) is 4.10. The number of nitrogens with one attached hydrogen (secondary N) is 2. The SMILES string of the molecule is CCNC(=NCc1ccccc1OCC1CC1)NCCc1cccc(O)c1.I. The van der Waals surface area contributed by atoms with Gasteiger partial charge in [0.15, 0.2) is 5.96 Å². The fourth-order valence-electron chi connectivity index (χ4n) is 2.81. The summed E-state index contributed by atoms with van der Waals surface area (Å²) in [5.41, 5.74) is 2.19. The van der Waals surface area contributed by atoms with E-state index in [2.05, 4.69) is 23.6 Å². The molecule has 2 aromatic carbocycles. The molecule has 0 spiro atoms. The molecule has 0 aliphatic heterocycles. The van der Waals surface area contributed by atoms with Crippen LogP contribution in [0.1, 0.15) is 30.9 Å². The van der Waals surface area contributed by atoms with Crippen molar-refractivity contribution in [1.82, 2.24) is 10.6 Å². The average Bonchev–Trinajstić information content (AvgIpc) is 3.50. The van der Waals surface area contributed by atoms with E-state index in [1.807, 2.05) is 30.3 Å². The van der Waals surface area contributed by atoms with Gasteiger partial charge in [0.1, 0.15) is 11.5 Å². The molecule has 1 aliphatic rings. The predicted molar refractivity (Wildman–Crippen MR) is 125 cm³/mol. The topological polar surface area (TPSA) is 65.9 Å². The first-order valence-electron chi connectivity index (χ1n) is 9.75. The van der Waals surface area contributed by atoms with Crippen LogP contribution in [-0.2, 0) is 13.0 Å². The van der Waals surface area contributed by atoms with Gasteiger partial charge in [-0.2, -0.15) is 0 Å². The number of rotatable bonds is 9. The Labute approximate surface area is 184 Å². The highest BCUT2D eigenvalue weighted by molar-refractivity contribution is 14.0. The van der Waals surface area contributed by atoms with Crippen LogP contribution < -0.4 is 15.4 Å². The van der Waals surface area contributed by atoms with Gasteiger partial charge in [0, 0.05) is 18.7 Å². The Morgan fingerprint density at radius 2 is 1.96 bits per heavy atom. The van der Waals surface area contributed by atoms with Crippen LogP contribution in [0.2, 0.25) is 0 Å². The van der Waals surface area contributed by atoms with Crippen molar-refractivity contribution in [3.05, 3.63) is 59.7 Å². The summed E-state index contributed by atoms with van der Waals surface area (Å²) in [6, 6.07) is 15.5. The molecule has 1 fully saturated rings. The fraction of sp³-hybridized carbons (Fsp3) is 0.409. The first-order chi connectivity index (χ1) is 13.2. The highest BCUT2D eigenvalue weighted by Crippen LogP contribution is 2.30. The molecule has 0 aromatic heterocycles. The summed E-state index contributed by atoms with van der Waals surface area (Å²) in [7, 11) is 0. The lowest BCUT2D eigenvalue weighted by atomic mass is 10.1. The fourth-order valence-corrected chi connectivity index (χ4v) is 2.81. The average molecular weight is 495 g/mol. The summed E-state index contributed by atoms with van der Waals surface area (Å²) in [5.74, 6) is 2.76. The highest BCUT2D eigenvalue weighted by Gasteiger charge is 2.22. The lowest BCUT2D eigenvalue weighted by Crippen LogP contribution is -2.38. The summed E-state index contributed by atoms with van der Waals surface area (Å²) < 4.78 is 5.97. The Hall–Kier alpha value is -1.96. The second-order valence-electron chi connectivity index (χ2n) is 6.90. The molecular weight excluding hydrogens is 465 g/mol. The first-order valence-corrected chi connectivity index (χ1v) is 9.75. The lowest BCUT2D eigenvalue weighted by molar-refractivity contribution is 0.297. The summed E-state index contributed by atoms with van der Waals surface area (Å²) in [6.45, 7) is 4.98. The minimum atomic E-state index is 0. The van der Waals surface area contributed by atoms with E-state index in [0.717, 1.165) is 54.9 Å². The quantitative estimate of drug-likeness (QED) is 0.279. The van der Waals surface area contributed by atoms with Gasteiger partial charge in [-0.25, -0.2) is 4.99 Å². The van der Waals surface area contributed by atoms with Crippen LogP contribution in [0.4, 0.5) is 0 Å². The minimum Gasteiger partial charge on any atom is -0.508 e. The van der Waals surface area contributed by atoms with Gasteiger partial charge in [0.2, 0.25) is 0 Å². The van der Waals surface area contributed by atoms with E-state index in [1.165, 1.54) is 12.8 Å². The number of para-hydroxylation sites is 1. The third-order valence-corrected chi connectivity index (χ3v) is 4.51. The molecule has 1 saturated carbocycles. The van der Waals surface area contributed by atoms with Gasteiger partial charge >= 0.3 is 0 Å². The Morgan fingerprint density at radius 1 is 1.14 bits per heavy atom. The molecular formula is C22H30IN3O2. The van der Waals surface area contributed by atoms with Gasteiger partial charge in [0.25, 0.3) is 0 Å².